The summed E-state index contributed by atoms with van der Waals surface area (Å²) in [4.78, 5) is 1.88. The van der Waals surface area contributed by atoms with Gasteiger partial charge in [-0.2, -0.15) is 0 Å². The minimum atomic E-state index is 0. The molecule has 0 fully saturated rings. The van der Waals surface area contributed by atoms with Gasteiger partial charge in [0.15, 0.2) is 0 Å². The van der Waals surface area contributed by atoms with E-state index in [0.717, 1.165) is 10.1 Å². The van der Waals surface area contributed by atoms with E-state index in [9.17, 15) is 0 Å². The number of nitrogens with zero attached hydrogens (tertiary/aromatic N) is 1. The largest absolute Gasteiger partial charge is 0.462 e. The van der Waals surface area contributed by atoms with Crippen LogP contribution < -0.4 is 0 Å². The molecule has 1 heterocycles. The Bertz CT molecular complexity index is 208. The Morgan fingerprint density at radius 3 is 2.64 bits per heavy atom. The van der Waals surface area contributed by atoms with Gasteiger partial charge in [-0.15, -0.1) is 23.9 Å². The second-order valence-electron chi connectivity index (χ2n) is 2.33. The van der Waals surface area contributed by atoms with Gasteiger partial charge in [-0.25, -0.2) is 0 Å². The zero-order valence-corrected chi connectivity index (χ0v) is 11.1. The standard InChI is InChI=1S/C8H9BrN.Y/c1-6-4-10(3)5-8(9)7(6)2;/h4H,2H2,1,3H3;/q-1;. The predicted molar refractivity (Wildman–Crippen MR) is 46.3 cm³/mol. The van der Waals surface area contributed by atoms with Gasteiger partial charge in [0.05, 0.1) is 0 Å². The fraction of sp³-hybridized carbons (Fsp3) is 0.250. The van der Waals surface area contributed by atoms with E-state index in [1.807, 2.05) is 25.1 Å². The molecule has 1 aliphatic heterocycles. The fourth-order valence-electron chi connectivity index (χ4n) is 0.796. The maximum Gasteiger partial charge on any atom is 0 e. The molecule has 0 spiro atoms. The van der Waals surface area contributed by atoms with Gasteiger partial charge in [-0.1, -0.05) is 33.5 Å². The van der Waals surface area contributed by atoms with Crippen LogP contribution in [0.1, 0.15) is 6.92 Å². The van der Waals surface area contributed by atoms with Crippen LogP contribution in [-0.4, -0.2) is 11.9 Å². The van der Waals surface area contributed by atoms with E-state index in [1.165, 1.54) is 5.57 Å². The minimum Gasteiger partial charge on any atom is -0.462 e. The van der Waals surface area contributed by atoms with Crippen LogP contribution in [0, 0.1) is 6.20 Å². The van der Waals surface area contributed by atoms with E-state index in [4.69, 9.17) is 0 Å². The number of allylic oxidation sites excluding steroid dienone is 3. The molecule has 0 aliphatic carbocycles. The molecule has 0 aromatic carbocycles. The monoisotopic (exact) mass is 287 g/mol. The van der Waals surface area contributed by atoms with Crippen molar-refractivity contribution in [1.82, 2.24) is 4.90 Å². The van der Waals surface area contributed by atoms with Gasteiger partial charge in [0.2, 0.25) is 0 Å². The van der Waals surface area contributed by atoms with E-state index >= 15 is 0 Å². The SMILES string of the molecule is C=C1C(Br)=[C-]N(C)C=C1C.[Y]. The first-order valence-corrected chi connectivity index (χ1v) is 3.80. The van der Waals surface area contributed by atoms with Gasteiger partial charge < -0.3 is 4.90 Å². The molecule has 0 aromatic rings. The summed E-state index contributed by atoms with van der Waals surface area (Å²) in [6.07, 6.45) is 5.04. The smallest absolute Gasteiger partial charge is 0 e. The molecule has 1 aliphatic rings. The van der Waals surface area contributed by atoms with Crippen LogP contribution >= 0.6 is 15.9 Å². The van der Waals surface area contributed by atoms with Crippen molar-refractivity contribution in [2.45, 2.75) is 6.92 Å². The second-order valence-corrected chi connectivity index (χ2v) is 3.12. The summed E-state index contributed by atoms with van der Waals surface area (Å²) in [7, 11) is 1.94. The third-order valence-corrected chi connectivity index (χ3v) is 2.06. The van der Waals surface area contributed by atoms with E-state index in [2.05, 4.69) is 28.7 Å². The third-order valence-electron chi connectivity index (χ3n) is 1.40. The summed E-state index contributed by atoms with van der Waals surface area (Å²) in [5.74, 6) is 0. The van der Waals surface area contributed by atoms with Crippen LogP contribution in [-0.2, 0) is 32.7 Å². The van der Waals surface area contributed by atoms with Crippen LogP contribution in [0.25, 0.3) is 0 Å². The van der Waals surface area contributed by atoms with Gasteiger partial charge in [0, 0.05) is 32.7 Å². The Labute approximate surface area is 101 Å². The van der Waals surface area contributed by atoms with Crippen molar-refractivity contribution < 1.29 is 32.7 Å². The molecule has 0 aromatic heterocycles. The Kier molecular flexibility index (Phi) is 4.84. The van der Waals surface area contributed by atoms with Crippen LogP contribution in [0.15, 0.2) is 28.4 Å². The van der Waals surface area contributed by atoms with Crippen molar-refractivity contribution in [3.8, 4) is 0 Å². The zero-order chi connectivity index (χ0) is 7.72. The van der Waals surface area contributed by atoms with Crippen molar-refractivity contribution in [3.05, 3.63) is 34.6 Å². The number of halogens is 1. The molecular weight excluding hydrogens is 279 g/mol. The third kappa shape index (κ3) is 2.85. The van der Waals surface area contributed by atoms with E-state index in [1.54, 1.807) is 0 Å². The number of hydrogen-bond acceptors (Lipinski definition) is 1. The summed E-state index contributed by atoms with van der Waals surface area (Å²) < 4.78 is 0.940. The Balaban J connectivity index is 0.000001000. The molecule has 11 heavy (non-hydrogen) atoms. The Morgan fingerprint density at radius 1 is 1.64 bits per heavy atom. The summed E-state index contributed by atoms with van der Waals surface area (Å²) >= 11 is 3.36. The topological polar surface area (TPSA) is 3.24 Å². The number of hydrogen-bond donors (Lipinski definition) is 0. The molecule has 1 radical (unpaired) electrons. The van der Waals surface area contributed by atoms with Crippen molar-refractivity contribution in [1.29, 1.82) is 0 Å². The van der Waals surface area contributed by atoms with Gasteiger partial charge in [0.1, 0.15) is 0 Å². The molecule has 57 valence electrons. The van der Waals surface area contributed by atoms with Gasteiger partial charge >= 0.3 is 0 Å². The minimum absolute atomic E-state index is 0. The molecule has 0 amide bonds. The summed E-state index contributed by atoms with van der Waals surface area (Å²) in [6, 6.07) is 0. The van der Waals surface area contributed by atoms with Crippen LogP contribution in [0.2, 0.25) is 0 Å². The van der Waals surface area contributed by atoms with Crippen LogP contribution in [0.5, 0.6) is 0 Å². The molecule has 1 rings (SSSR count). The average Bonchev–Trinajstić information content (AvgIpc) is 1.82. The van der Waals surface area contributed by atoms with Gasteiger partial charge in [0.25, 0.3) is 0 Å². The summed E-state index contributed by atoms with van der Waals surface area (Å²) in [6.45, 7) is 5.90. The summed E-state index contributed by atoms with van der Waals surface area (Å²) in [5.41, 5.74) is 2.19. The maximum atomic E-state index is 3.87. The second kappa shape index (κ2) is 4.59. The molecule has 1 nitrogen and oxygen atoms in total. The maximum absolute atomic E-state index is 3.87. The van der Waals surface area contributed by atoms with Gasteiger partial charge in [-0.3, -0.25) is 0 Å². The first-order valence-electron chi connectivity index (χ1n) is 3.01. The molecular formula is C8H9BrNY-. The van der Waals surface area contributed by atoms with E-state index in [-0.39, 0.29) is 32.7 Å². The van der Waals surface area contributed by atoms with E-state index in [0.29, 0.717) is 0 Å². The molecule has 0 N–H and O–H groups in total. The van der Waals surface area contributed by atoms with Gasteiger partial charge in [-0.05, 0) is 7.05 Å². The Hall–Kier alpha value is 0.604. The quantitative estimate of drug-likeness (QED) is 0.619. The fourth-order valence-corrected chi connectivity index (χ4v) is 1.39. The van der Waals surface area contributed by atoms with Crippen molar-refractivity contribution >= 4 is 15.9 Å². The normalized spacial score (nSPS) is 17.0. The summed E-state index contributed by atoms with van der Waals surface area (Å²) in [5, 5.41) is 0. The molecule has 0 unspecified atom stereocenters. The Morgan fingerprint density at radius 2 is 2.18 bits per heavy atom. The first-order chi connectivity index (χ1) is 4.61. The van der Waals surface area contributed by atoms with Crippen LogP contribution in [0.3, 0.4) is 0 Å². The van der Waals surface area contributed by atoms with Crippen molar-refractivity contribution in [3.63, 3.8) is 0 Å². The average molecular weight is 288 g/mol. The molecule has 0 saturated carbocycles. The molecule has 0 bridgehead atoms. The van der Waals surface area contributed by atoms with Crippen molar-refractivity contribution in [2.75, 3.05) is 7.05 Å². The molecule has 0 atom stereocenters. The van der Waals surface area contributed by atoms with Crippen molar-refractivity contribution in [2.24, 2.45) is 0 Å². The molecule has 0 saturated heterocycles. The predicted octanol–water partition coefficient (Wildman–Crippen LogP) is 2.43. The van der Waals surface area contributed by atoms with Crippen LogP contribution in [0.4, 0.5) is 0 Å². The molecule has 3 heteroatoms. The number of rotatable bonds is 0. The first kappa shape index (κ1) is 11.6. The van der Waals surface area contributed by atoms with E-state index < -0.39 is 0 Å². The zero-order valence-electron chi connectivity index (χ0n) is 6.69.